The smallest absolute Gasteiger partial charge is 0.261 e. The summed E-state index contributed by atoms with van der Waals surface area (Å²) in [7, 11) is 0. The van der Waals surface area contributed by atoms with Crippen LogP contribution in [0.2, 0.25) is 5.02 Å². The third kappa shape index (κ3) is 3.10. The van der Waals surface area contributed by atoms with E-state index < -0.39 is 5.41 Å². The van der Waals surface area contributed by atoms with E-state index in [1.54, 1.807) is 17.4 Å². The molecule has 2 unspecified atom stereocenters. The van der Waals surface area contributed by atoms with Gasteiger partial charge in [-0.2, -0.15) is 10.1 Å². The number of carbonyl (C=O) groups is 1. The van der Waals surface area contributed by atoms with E-state index in [1.165, 1.54) is 0 Å². The van der Waals surface area contributed by atoms with Crippen LogP contribution in [-0.2, 0) is 11.2 Å². The fraction of sp³-hybridized carbons (Fsp3) is 0.308. The molecule has 1 aromatic heterocycles. The molecule has 2 aromatic carbocycles. The molecule has 3 aliphatic heterocycles. The predicted octanol–water partition coefficient (Wildman–Crippen LogP) is 4.10. The molecule has 172 valence electrons. The lowest BCUT2D eigenvalue weighted by Gasteiger charge is -2.53. The molecular formula is C26H25ClN6O. The molecule has 34 heavy (non-hydrogen) atoms. The second kappa shape index (κ2) is 7.81. The highest BCUT2D eigenvalue weighted by Gasteiger charge is 2.60. The monoisotopic (exact) mass is 472 g/mol. The normalized spacial score (nSPS) is 23.7. The Bertz CT molecular complexity index is 1290. The van der Waals surface area contributed by atoms with Gasteiger partial charge in [0, 0.05) is 42.7 Å². The summed E-state index contributed by atoms with van der Waals surface area (Å²) in [6, 6.07) is 15.6. The van der Waals surface area contributed by atoms with E-state index in [2.05, 4.69) is 25.8 Å². The maximum absolute atomic E-state index is 14.3. The van der Waals surface area contributed by atoms with Crippen LogP contribution in [0.5, 0.6) is 0 Å². The average molecular weight is 473 g/mol. The van der Waals surface area contributed by atoms with Crippen LogP contribution in [-0.4, -0.2) is 47.3 Å². The van der Waals surface area contributed by atoms with Gasteiger partial charge in [0.2, 0.25) is 5.95 Å². The Balaban J connectivity index is 1.46. The zero-order chi connectivity index (χ0) is 23.4. The first-order chi connectivity index (χ1) is 16.5. The molecule has 8 heteroatoms. The van der Waals surface area contributed by atoms with E-state index in [1.807, 2.05) is 56.3 Å². The Morgan fingerprint density at radius 1 is 1.03 bits per heavy atom. The Morgan fingerprint density at radius 3 is 2.56 bits per heavy atom. The minimum absolute atomic E-state index is 0.0142. The number of piperazine rings is 1. The number of benzene rings is 2. The first kappa shape index (κ1) is 21.1. The highest BCUT2D eigenvalue weighted by molar-refractivity contribution is 6.31. The van der Waals surface area contributed by atoms with Crippen molar-refractivity contribution in [3.63, 3.8) is 0 Å². The van der Waals surface area contributed by atoms with E-state index in [0.29, 0.717) is 23.9 Å². The molecule has 0 radical (unpaired) electrons. The number of anilines is 3. The Hall–Kier alpha value is -3.45. The average Bonchev–Trinajstić information content (AvgIpc) is 3.11. The highest BCUT2D eigenvalue weighted by Crippen LogP contribution is 2.48. The molecule has 0 aliphatic carbocycles. The largest absolute Gasteiger partial charge is 0.363 e. The Labute approximate surface area is 203 Å². The van der Waals surface area contributed by atoms with Gasteiger partial charge in [-0.15, -0.1) is 0 Å². The first-order valence-corrected chi connectivity index (χ1v) is 11.9. The van der Waals surface area contributed by atoms with Crippen LogP contribution < -0.4 is 14.8 Å². The van der Waals surface area contributed by atoms with E-state index in [9.17, 15) is 4.79 Å². The number of rotatable bonds is 2. The number of carbonyl (C=O) groups excluding carboxylic acids is 1. The maximum atomic E-state index is 14.3. The molecule has 1 spiro atoms. The molecule has 6 rings (SSSR count). The Morgan fingerprint density at radius 2 is 1.79 bits per heavy atom. The summed E-state index contributed by atoms with van der Waals surface area (Å²) in [5, 5.41) is 7.11. The van der Waals surface area contributed by atoms with Crippen LogP contribution in [0.1, 0.15) is 18.1 Å². The lowest BCUT2D eigenvalue weighted by atomic mass is 9.67. The second-order valence-electron chi connectivity index (χ2n) is 9.26. The number of halogens is 1. The maximum Gasteiger partial charge on any atom is 0.261 e. The third-order valence-corrected chi connectivity index (χ3v) is 7.59. The molecule has 2 atom stereocenters. The zero-order valence-electron chi connectivity index (χ0n) is 19.1. The number of hydrazone groups is 1. The summed E-state index contributed by atoms with van der Waals surface area (Å²) >= 11 is 6.40. The minimum Gasteiger partial charge on any atom is -0.363 e. The topological polar surface area (TPSA) is 64.9 Å². The van der Waals surface area contributed by atoms with Gasteiger partial charge in [-0.05, 0) is 56.2 Å². The van der Waals surface area contributed by atoms with Crippen LogP contribution in [0.25, 0.3) is 0 Å². The van der Waals surface area contributed by atoms with Gasteiger partial charge in [-0.1, -0.05) is 35.4 Å². The summed E-state index contributed by atoms with van der Waals surface area (Å²) in [6.07, 6.45) is 4.10. The standard InChI is InChI=1S/C26H25ClN6O/c1-17-4-8-21(9-5-17)33-24(34)26(18(2)30-33)15-19-6-7-20(27)14-22(19)32-13-12-31(16-23(26)32)25-28-10-3-11-29-25/h3-11,14,23H,12-13,15-16H2,1-2H3. The number of hydrogen-bond donors (Lipinski definition) is 0. The summed E-state index contributed by atoms with van der Waals surface area (Å²) < 4.78 is 0. The molecule has 3 aliphatic rings. The van der Waals surface area contributed by atoms with Crippen LogP contribution >= 0.6 is 11.6 Å². The van der Waals surface area contributed by atoms with E-state index in [0.717, 1.165) is 41.3 Å². The van der Waals surface area contributed by atoms with Crippen molar-refractivity contribution in [1.29, 1.82) is 0 Å². The minimum atomic E-state index is -0.779. The number of fused-ring (bicyclic) bond motifs is 4. The van der Waals surface area contributed by atoms with E-state index in [4.69, 9.17) is 16.7 Å². The SMILES string of the molecule is CC1=NN(c2ccc(C)cc2)C(=O)C12Cc1ccc(Cl)cc1N1CCN(c3ncccn3)CC12. The molecule has 0 saturated carbocycles. The molecule has 1 saturated heterocycles. The van der Waals surface area contributed by atoms with Crippen molar-refractivity contribution in [3.8, 4) is 0 Å². The van der Waals surface area contributed by atoms with Crippen LogP contribution in [0, 0.1) is 12.3 Å². The zero-order valence-corrected chi connectivity index (χ0v) is 19.9. The second-order valence-corrected chi connectivity index (χ2v) is 9.70. The summed E-state index contributed by atoms with van der Waals surface area (Å²) in [6.45, 7) is 6.14. The fourth-order valence-electron chi connectivity index (χ4n) is 5.58. The van der Waals surface area contributed by atoms with Crippen molar-refractivity contribution in [1.82, 2.24) is 9.97 Å². The van der Waals surface area contributed by atoms with Crippen molar-refractivity contribution < 1.29 is 4.79 Å². The van der Waals surface area contributed by atoms with E-state index in [-0.39, 0.29) is 11.9 Å². The predicted molar refractivity (Wildman–Crippen MR) is 135 cm³/mol. The number of aryl methyl sites for hydroxylation is 1. The number of hydrogen-bond acceptors (Lipinski definition) is 6. The van der Waals surface area contributed by atoms with Gasteiger partial charge in [-0.3, -0.25) is 4.79 Å². The number of amides is 1. The van der Waals surface area contributed by atoms with Crippen molar-refractivity contribution in [2.45, 2.75) is 26.3 Å². The van der Waals surface area contributed by atoms with E-state index >= 15 is 0 Å². The third-order valence-electron chi connectivity index (χ3n) is 7.36. The van der Waals surface area contributed by atoms with Gasteiger partial charge in [0.1, 0.15) is 5.41 Å². The summed E-state index contributed by atoms with van der Waals surface area (Å²) in [5.74, 6) is 0.699. The lowest BCUT2D eigenvalue weighted by Crippen LogP contribution is -2.67. The van der Waals surface area contributed by atoms with Crippen molar-refractivity contribution in [2.24, 2.45) is 10.5 Å². The molecule has 7 nitrogen and oxygen atoms in total. The van der Waals surface area contributed by atoms with Gasteiger partial charge in [0.25, 0.3) is 5.91 Å². The van der Waals surface area contributed by atoms with Crippen LogP contribution in [0.4, 0.5) is 17.3 Å². The molecule has 0 N–H and O–H groups in total. The van der Waals surface area contributed by atoms with Gasteiger partial charge in [0.15, 0.2) is 0 Å². The van der Waals surface area contributed by atoms with Crippen molar-refractivity contribution in [2.75, 3.05) is 34.4 Å². The highest BCUT2D eigenvalue weighted by atomic mass is 35.5. The number of nitrogens with zero attached hydrogens (tertiary/aromatic N) is 6. The summed E-state index contributed by atoms with van der Waals surface area (Å²) in [5.41, 5.74) is 4.22. The quantitative estimate of drug-likeness (QED) is 0.562. The van der Waals surface area contributed by atoms with Crippen molar-refractivity contribution >= 4 is 40.5 Å². The van der Waals surface area contributed by atoms with Gasteiger partial charge in [0.05, 0.1) is 17.4 Å². The molecular weight excluding hydrogens is 448 g/mol. The molecule has 3 aromatic rings. The molecule has 1 amide bonds. The lowest BCUT2D eigenvalue weighted by molar-refractivity contribution is -0.125. The van der Waals surface area contributed by atoms with Crippen LogP contribution in [0.15, 0.2) is 66.0 Å². The Kier molecular flexibility index (Phi) is 4.85. The molecule has 0 bridgehead atoms. The van der Waals surface area contributed by atoms with Gasteiger partial charge < -0.3 is 9.80 Å². The molecule has 4 heterocycles. The van der Waals surface area contributed by atoms with Crippen molar-refractivity contribution in [3.05, 3.63) is 77.1 Å². The first-order valence-electron chi connectivity index (χ1n) is 11.5. The summed E-state index contributed by atoms with van der Waals surface area (Å²) in [4.78, 5) is 27.7. The van der Waals surface area contributed by atoms with Gasteiger partial charge >= 0.3 is 0 Å². The van der Waals surface area contributed by atoms with Gasteiger partial charge in [-0.25, -0.2) is 9.97 Å². The van der Waals surface area contributed by atoms with Crippen LogP contribution in [0.3, 0.4) is 0 Å². The fourth-order valence-corrected chi connectivity index (χ4v) is 5.74. The number of aromatic nitrogens is 2. The molecule has 1 fully saturated rings.